The molecular formula is C25H23BrN2O6. The Morgan fingerprint density at radius 2 is 1.82 bits per heavy atom. The fourth-order valence-corrected chi connectivity index (χ4v) is 4.07. The lowest BCUT2D eigenvalue weighted by molar-refractivity contribution is -0.139. The summed E-state index contributed by atoms with van der Waals surface area (Å²) in [6.45, 7) is 5.47. The van der Waals surface area contributed by atoms with Gasteiger partial charge in [-0.05, 0) is 50.6 Å². The first-order valence-corrected chi connectivity index (χ1v) is 11.3. The van der Waals surface area contributed by atoms with Gasteiger partial charge in [0.15, 0.2) is 11.5 Å². The molecule has 1 unspecified atom stereocenters. The molecular weight excluding hydrogens is 504 g/mol. The quantitative estimate of drug-likeness (QED) is 0.406. The third kappa shape index (κ3) is 5.07. The van der Waals surface area contributed by atoms with Crippen LogP contribution in [0.15, 0.2) is 69.7 Å². The molecule has 0 aliphatic carbocycles. The van der Waals surface area contributed by atoms with Gasteiger partial charge in [0.05, 0.1) is 30.3 Å². The minimum absolute atomic E-state index is 0.0471. The van der Waals surface area contributed by atoms with E-state index in [1.54, 1.807) is 63.2 Å². The van der Waals surface area contributed by atoms with E-state index in [2.05, 4.69) is 15.9 Å². The van der Waals surface area contributed by atoms with Gasteiger partial charge in [0, 0.05) is 4.47 Å². The zero-order chi connectivity index (χ0) is 24.8. The number of nitriles is 1. The van der Waals surface area contributed by atoms with E-state index in [1.807, 2.05) is 6.07 Å². The highest BCUT2D eigenvalue weighted by molar-refractivity contribution is 9.10. The van der Waals surface area contributed by atoms with Crippen molar-refractivity contribution < 1.29 is 28.5 Å². The van der Waals surface area contributed by atoms with Crippen molar-refractivity contribution >= 4 is 27.9 Å². The van der Waals surface area contributed by atoms with Crippen molar-refractivity contribution in [1.82, 2.24) is 0 Å². The Morgan fingerprint density at radius 3 is 2.44 bits per heavy atom. The molecule has 9 heteroatoms. The van der Waals surface area contributed by atoms with Crippen LogP contribution in [0.2, 0.25) is 0 Å². The average Bonchev–Trinajstić information content (AvgIpc) is 2.81. The van der Waals surface area contributed by atoms with Crippen molar-refractivity contribution in [2.45, 2.75) is 26.7 Å². The summed E-state index contributed by atoms with van der Waals surface area (Å²) in [6.07, 6.45) is 0. The highest BCUT2D eigenvalue weighted by Gasteiger charge is 2.38. The number of carbonyl (C=O) groups is 2. The largest absolute Gasteiger partial charge is 0.490 e. The molecule has 8 nitrogen and oxygen atoms in total. The minimum atomic E-state index is -0.884. The highest BCUT2D eigenvalue weighted by atomic mass is 79.9. The Morgan fingerprint density at radius 1 is 1.12 bits per heavy atom. The number of nitrogens with zero attached hydrogens (tertiary/aromatic N) is 1. The molecule has 2 aromatic rings. The van der Waals surface area contributed by atoms with Crippen molar-refractivity contribution in [3.8, 4) is 17.6 Å². The molecule has 0 radical (unpaired) electrons. The summed E-state index contributed by atoms with van der Waals surface area (Å²) >= 11 is 3.49. The predicted octanol–water partition coefficient (Wildman–Crippen LogP) is 4.71. The number of allylic oxidation sites excluding steroid dienone is 2. The number of hydrogen-bond donors (Lipinski definition) is 1. The third-order valence-electron chi connectivity index (χ3n) is 4.99. The van der Waals surface area contributed by atoms with Crippen LogP contribution in [0.1, 0.15) is 42.6 Å². The first-order valence-electron chi connectivity index (χ1n) is 10.5. The first kappa shape index (κ1) is 24.9. The van der Waals surface area contributed by atoms with E-state index in [-0.39, 0.29) is 47.5 Å². The van der Waals surface area contributed by atoms with E-state index in [1.165, 1.54) is 0 Å². The van der Waals surface area contributed by atoms with Gasteiger partial charge in [-0.2, -0.15) is 5.26 Å². The molecule has 1 aliphatic heterocycles. The number of esters is 2. The number of hydrogen-bond acceptors (Lipinski definition) is 8. The normalized spacial score (nSPS) is 15.3. The van der Waals surface area contributed by atoms with Crippen molar-refractivity contribution in [2.75, 3.05) is 13.2 Å². The van der Waals surface area contributed by atoms with Gasteiger partial charge in [0.25, 0.3) is 0 Å². The van der Waals surface area contributed by atoms with Crippen LogP contribution >= 0.6 is 15.9 Å². The van der Waals surface area contributed by atoms with Crippen molar-refractivity contribution in [1.29, 1.82) is 5.26 Å². The van der Waals surface area contributed by atoms with Crippen LogP contribution < -0.4 is 15.2 Å². The minimum Gasteiger partial charge on any atom is -0.490 e. The monoisotopic (exact) mass is 526 g/mol. The van der Waals surface area contributed by atoms with E-state index in [0.29, 0.717) is 15.6 Å². The maximum Gasteiger partial charge on any atom is 0.343 e. The Bertz CT molecular complexity index is 1210. The summed E-state index contributed by atoms with van der Waals surface area (Å²) in [5.74, 6) is -1.52. The summed E-state index contributed by atoms with van der Waals surface area (Å²) in [5.41, 5.74) is 7.04. The van der Waals surface area contributed by atoms with Gasteiger partial charge in [-0.25, -0.2) is 9.59 Å². The topological polar surface area (TPSA) is 121 Å². The van der Waals surface area contributed by atoms with Crippen LogP contribution in [0.4, 0.5) is 0 Å². The number of halogens is 1. The van der Waals surface area contributed by atoms with E-state index in [0.717, 1.165) is 0 Å². The number of rotatable bonds is 7. The van der Waals surface area contributed by atoms with Gasteiger partial charge in [-0.1, -0.05) is 34.1 Å². The number of carbonyl (C=O) groups excluding carboxylic acids is 2. The SMILES string of the molecule is CCOC(=O)C1=C(C)OC(N)=C(C#N)C1c1cc(OCC)c(OC(=O)c2ccccc2)cc1Br. The molecule has 0 fully saturated rings. The van der Waals surface area contributed by atoms with Gasteiger partial charge in [-0.15, -0.1) is 0 Å². The lowest BCUT2D eigenvalue weighted by atomic mass is 9.83. The Hall–Kier alpha value is -3.77. The van der Waals surface area contributed by atoms with Gasteiger partial charge >= 0.3 is 11.9 Å². The molecule has 2 N–H and O–H groups in total. The summed E-state index contributed by atoms with van der Waals surface area (Å²) in [5, 5.41) is 9.81. The van der Waals surface area contributed by atoms with Crippen LogP contribution in [0, 0.1) is 11.3 Å². The van der Waals surface area contributed by atoms with Gasteiger partial charge < -0.3 is 24.7 Å². The Labute approximate surface area is 205 Å². The number of ether oxygens (including phenoxy) is 4. The van der Waals surface area contributed by atoms with Gasteiger partial charge in [0.1, 0.15) is 17.4 Å². The number of nitrogens with two attached hydrogens (primary N) is 1. The molecule has 0 saturated heterocycles. The summed E-state index contributed by atoms with van der Waals surface area (Å²) < 4.78 is 22.5. The van der Waals surface area contributed by atoms with Crippen LogP contribution in [-0.4, -0.2) is 25.2 Å². The molecule has 0 aromatic heterocycles. The van der Waals surface area contributed by atoms with Crippen LogP contribution in [0.5, 0.6) is 11.5 Å². The standard InChI is InChI=1S/C25H23BrN2O6/c1-4-31-19-11-16(18(26)12-20(19)34-24(29)15-9-7-6-8-10-15)22-17(13-27)23(28)33-14(3)21(22)25(30)32-5-2/h6-12,22H,4-5,28H2,1-3H3. The summed E-state index contributed by atoms with van der Waals surface area (Å²) in [4.78, 5) is 25.4. The van der Waals surface area contributed by atoms with Crippen LogP contribution in [-0.2, 0) is 14.3 Å². The molecule has 1 aliphatic rings. The molecule has 3 rings (SSSR count). The second-order valence-corrected chi connectivity index (χ2v) is 7.98. The molecule has 1 heterocycles. The fourth-order valence-electron chi connectivity index (χ4n) is 3.52. The molecule has 1 atom stereocenters. The smallest absolute Gasteiger partial charge is 0.343 e. The summed E-state index contributed by atoms with van der Waals surface area (Å²) in [7, 11) is 0. The maximum absolute atomic E-state index is 12.8. The zero-order valence-electron chi connectivity index (χ0n) is 18.9. The lowest BCUT2D eigenvalue weighted by Gasteiger charge is -2.28. The van der Waals surface area contributed by atoms with Crippen molar-refractivity contribution in [2.24, 2.45) is 5.73 Å². The average molecular weight is 527 g/mol. The van der Waals surface area contributed by atoms with E-state index < -0.39 is 17.9 Å². The van der Waals surface area contributed by atoms with E-state index >= 15 is 0 Å². The fraction of sp³-hybridized carbons (Fsp3) is 0.240. The second kappa shape index (κ2) is 10.9. The summed E-state index contributed by atoms with van der Waals surface area (Å²) in [6, 6.07) is 13.7. The van der Waals surface area contributed by atoms with Crippen LogP contribution in [0.3, 0.4) is 0 Å². The molecule has 0 saturated carbocycles. The lowest BCUT2D eigenvalue weighted by Crippen LogP contribution is -2.26. The number of benzene rings is 2. The van der Waals surface area contributed by atoms with Gasteiger partial charge in [-0.3, -0.25) is 0 Å². The van der Waals surface area contributed by atoms with Crippen LogP contribution in [0.25, 0.3) is 0 Å². The Kier molecular flexibility index (Phi) is 7.97. The molecule has 2 aromatic carbocycles. The zero-order valence-corrected chi connectivity index (χ0v) is 20.5. The molecule has 34 heavy (non-hydrogen) atoms. The maximum atomic E-state index is 12.8. The van der Waals surface area contributed by atoms with Gasteiger partial charge in [0.2, 0.25) is 5.88 Å². The highest BCUT2D eigenvalue weighted by Crippen LogP contribution is 2.45. The predicted molar refractivity (Wildman–Crippen MR) is 127 cm³/mol. The van der Waals surface area contributed by atoms with Crippen molar-refractivity contribution in [3.63, 3.8) is 0 Å². The van der Waals surface area contributed by atoms with E-state index in [4.69, 9.17) is 24.7 Å². The first-order chi connectivity index (χ1) is 16.3. The molecule has 0 bridgehead atoms. The Balaban J connectivity index is 2.12. The third-order valence-corrected chi connectivity index (χ3v) is 5.67. The second-order valence-electron chi connectivity index (χ2n) is 7.12. The van der Waals surface area contributed by atoms with E-state index in [9.17, 15) is 14.9 Å². The van der Waals surface area contributed by atoms with Crippen molar-refractivity contribution in [3.05, 3.63) is 80.9 Å². The molecule has 176 valence electrons. The molecule has 0 amide bonds. The molecule has 0 spiro atoms.